The number of aromatic carboxylic acids is 1. The van der Waals surface area contributed by atoms with Gasteiger partial charge in [0.25, 0.3) is 0 Å². The largest absolute Gasteiger partial charge is 0.493 e. The van der Waals surface area contributed by atoms with Crippen LogP contribution in [-0.4, -0.2) is 22.7 Å². The SMILES string of the molecule is O=C(O)c1ncoc1CCOc1ccc(F)cc1. The van der Waals surface area contributed by atoms with E-state index in [1.54, 1.807) is 0 Å². The van der Waals surface area contributed by atoms with Crippen molar-refractivity contribution in [2.45, 2.75) is 6.42 Å². The highest BCUT2D eigenvalue weighted by atomic mass is 19.1. The Morgan fingerprint density at radius 2 is 2.11 bits per heavy atom. The van der Waals surface area contributed by atoms with Gasteiger partial charge in [0.1, 0.15) is 17.3 Å². The maximum Gasteiger partial charge on any atom is 0.358 e. The van der Waals surface area contributed by atoms with E-state index in [0.717, 1.165) is 6.39 Å². The molecule has 1 aromatic carbocycles. The first-order chi connectivity index (χ1) is 8.66. The van der Waals surface area contributed by atoms with Crippen molar-refractivity contribution in [2.75, 3.05) is 6.61 Å². The Hall–Kier alpha value is -2.37. The first-order valence-corrected chi connectivity index (χ1v) is 5.21. The summed E-state index contributed by atoms with van der Waals surface area (Å²) in [4.78, 5) is 14.3. The van der Waals surface area contributed by atoms with Crippen LogP contribution >= 0.6 is 0 Å². The van der Waals surface area contributed by atoms with E-state index in [9.17, 15) is 9.18 Å². The number of ether oxygens (including phenoxy) is 1. The van der Waals surface area contributed by atoms with Crippen LogP contribution in [0.3, 0.4) is 0 Å². The van der Waals surface area contributed by atoms with Crippen molar-refractivity contribution in [1.29, 1.82) is 0 Å². The summed E-state index contributed by atoms with van der Waals surface area (Å²) in [6.07, 6.45) is 1.36. The van der Waals surface area contributed by atoms with Crippen LogP contribution in [0.5, 0.6) is 5.75 Å². The monoisotopic (exact) mass is 251 g/mol. The molecule has 18 heavy (non-hydrogen) atoms. The van der Waals surface area contributed by atoms with Gasteiger partial charge in [0.2, 0.25) is 0 Å². The van der Waals surface area contributed by atoms with Gasteiger partial charge in [-0.1, -0.05) is 0 Å². The van der Waals surface area contributed by atoms with Gasteiger partial charge >= 0.3 is 5.97 Å². The van der Waals surface area contributed by atoms with Crippen LogP contribution in [0.1, 0.15) is 16.2 Å². The number of nitrogens with zero attached hydrogens (tertiary/aromatic N) is 1. The second-order valence-corrected chi connectivity index (χ2v) is 3.48. The molecule has 0 fully saturated rings. The van der Waals surface area contributed by atoms with Gasteiger partial charge in [-0.05, 0) is 24.3 Å². The predicted molar refractivity (Wildman–Crippen MR) is 59.1 cm³/mol. The molecule has 2 rings (SSSR count). The topological polar surface area (TPSA) is 72.6 Å². The van der Waals surface area contributed by atoms with Crippen molar-refractivity contribution in [3.05, 3.63) is 47.9 Å². The van der Waals surface area contributed by atoms with E-state index in [2.05, 4.69) is 4.98 Å². The highest BCUT2D eigenvalue weighted by Gasteiger charge is 2.14. The summed E-state index contributed by atoms with van der Waals surface area (Å²) in [5.41, 5.74) is -0.113. The molecule has 1 heterocycles. The first kappa shape index (κ1) is 12.1. The molecule has 0 spiro atoms. The number of hydrogen-bond donors (Lipinski definition) is 1. The predicted octanol–water partition coefficient (Wildman–Crippen LogP) is 2.13. The molecule has 0 aliphatic rings. The summed E-state index contributed by atoms with van der Waals surface area (Å²) in [6, 6.07) is 5.56. The molecule has 0 aliphatic carbocycles. The fourth-order valence-corrected chi connectivity index (χ4v) is 1.41. The molecule has 1 aromatic heterocycles. The number of oxazole rings is 1. The highest BCUT2D eigenvalue weighted by molar-refractivity contribution is 5.86. The fourth-order valence-electron chi connectivity index (χ4n) is 1.41. The number of carboxylic acid groups (broad SMARTS) is 1. The van der Waals surface area contributed by atoms with E-state index in [1.165, 1.54) is 24.3 Å². The maximum absolute atomic E-state index is 12.6. The lowest BCUT2D eigenvalue weighted by molar-refractivity contribution is 0.0688. The van der Waals surface area contributed by atoms with Crippen LogP contribution in [0.25, 0.3) is 0 Å². The number of hydrogen-bond acceptors (Lipinski definition) is 4. The molecule has 0 bridgehead atoms. The van der Waals surface area contributed by atoms with Crippen LogP contribution in [0.2, 0.25) is 0 Å². The Morgan fingerprint density at radius 3 is 2.78 bits per heavy atom. The summed E-state index contributed by atoms with van der Waals surface area (Å²) in [7, 11) is 0. The average Bonchev–Trinajstić information content (AvgIpc) is 2.80. The van der Waals surface area contributed by atoms with Crippen LogP contribution in [-0.2, 0) is 6.42 Å². The van der Waals surface area contributed by atoms with Crippen LogP contribution in [0.15, 0.2) is 35.1 Å². The second-order valence-electron chi connectivity index (χ2n) is 3.48. The van der Waals surface area contributed by atoms with E-state index in [1.807, 2.05) is 0 Å². The van der Waals surface area contributed by atoms with Crippen molar-refractivity contribution >= 4 is 5.97 Å². The van der Waals surface area contributed by atoms with Crippen molar-refractivity contribution < 1.29 is 23.4 Å². The number of carboxylic acids is 1. The number of rotatable bonds is 5. The zero-order chi connectivity index (χ0) is 13.0. The van der Waals surface area contributed by atoms with Gasteiger partial charge in [-0.15, -0.1) is 0 Å². The third-order valence-electron chi connectivity index (χ3n) is 2.25. The minimum absolute atomic E-state index is 0.113. The smallest absolute Gasteiger partial charge is 0.358 e. The molecule has 2 aromatic rings. The van der Waals surface area contributed by atoms with Gasteiger partial charge in [-0.25, -0.2) is 14.2 Å². The Morgan fingerprint density at radius 1 is 1.39 bits per heavy atom. The van der Waals surface area contributed by atoms with Crippen LogP contribution in [0, 0.1) is 5.82 Å². The summed E-state index contributed by atoms with van der Waals surface area (Å²) in [6.45, 7) is 0.223. The van der Waals surface area contributed by atoms with Gasteiger partial charge in [0.05, 0.1) is 6.61 Å². The Bertz CT molecular complexity index is 535. The van der Waals surface area contributed by atoms with E-state index >= 15 is 0 Å². The average molecular weight is 251 g/mol. The molecule has 5 nitrogen and oxygen atoms in total. The van der Waals surface area contributed by atoms with Crippen molar-refractivity contribution in [3.8, 4) is 5.75 Å². The summed E-state index contributed by atoms with van der Waals surface area (Å²) in [5, 5.41) is 8.80. The summed E-state index contributed by atoms with van der Waals surface area (Å²) in [5.74, 6) is -0.719. The molecule has 6 heteroatoms. The Labute approximate surface area is 102 Å². The van der Waals surface area contributed by atoms with Crippen LogP contribution < -0.4 is 4.74 Å². The zero-order valence-corrected chi connectivity index (χ0v) is 9.30. The third kappa shape index (κ3) is 2.85. The molecule has 0 saturated heterocycles. The molecule has 0 atom stereocenters. The van der Waals surface area contributed by atoms with Gasteiger partial charge < -0.3 is 14.3 Å². The molecule has 0 unspecified atom stereocenters. The van der Waals surface area contributed by atoms with Crippen molar-refractivity contribution in [1.82, 2.24) is 4.98 Å². The number of halogens is 1. The minimum Gasteiger partial charge on any atom is -0.493 e. The molecule has 0 saturated carbocycles. The van der Waals surface area contributed by atoms with E-state index in [4.69, 9.17) is 14.3 Å². The van der Waals surface area contributed by atoms with Gasteiger partial charge in [-0.3, -0.25) is 0 Å². The van der Waals surface area contributed by atoms with E-state index < -0.39 is 5.97 Å². The van der Waals surface area contributed by atoms with Gasteiger partial charge in [0, 0.05) is 6.42 Å². The molecule has 0 amide bonds. The number of benzene rings is 1. The Kier molecular flexibility index (Phi) is 3.57. The zero-order valence-electron chi connectivity index (χ0n) is 9.30. The van der Waals surface area contributed by atoms with Gasteiger partial charge in [-0.2, -0.15) is 0 Å². The third-order valence-corrected chi connectivity index (χ3v) is 2.25. The maximum atomic E-state index is 12.6. The lowest BCUT2D eigenvalue weighted by Crippen LogP contribution is -2.06. The van der Waals surface area contributed by atoms with Crippen molar-refractivity contribution in [3.63, 3.8) is 0 Å². The van der Waals surface area contributed by atoms with E-state index in [0.29, 0.717) is 5.75 Å². The summed E-state index contributed by atoms with van der Waals surface area (Å²) < 4.78 is 22.9. The van der Waals surface area contributed by atoms with Gasteiger partial charge in [0.15, 0.2) is 12.1 Å². The highest BCUT2D eigenvalue weighted by Crippen LogP contribution is 2.13. The lowest BCUT2D eigenvalue weighted by atomic mass is 10.3. The molecule has 0 radical (unpaired) electrons. The molecular formula is C12H10FNO4. The van der Waals surface area contributed by atoms with E-state index in [-0.39, 0.29) is 30.3 Å². The quantitative estimate of drug-likeness (QED) is 0.881. The lowest BCUT2D eigenvalue weighted by Gasteiger charge is -2.04. The molecule has 1 N–H and O–H groups in total. The number of aromatic nitrogens is 1. The second kappa shape index (κ2) is 5.31. The minimum atomic E-state index is -1.14. The summed E-state index contributed by atoms with van der Waals surface area (Å²) >= 11 is 0. The number of carbonyl (C=O) groups is 1. The molecule has 94 valence electrons. The first-order valence-electron chi connectivity index (χ1n) is 5.21. The van der Waals surface area contributed by atoms with Crippen molar-refractivity contribution in [2.24, 2.45) is 0 Å². The normalized spacial score (nSPS) is 10.3. The standard InChI is InChI=1S/C12H10FNO4/c13-8-1-3-9(4-2-8)17-6-5-10-11(12(15)16)14-7-18-10/h1-4,7H,5-6H2,(H,15,16). The fraction of sp³-hybridized carbons (Fsp3) is 0.167. The Balaban J connectivity index is 1.90. The molecule has 0 aliphatic heterocycles. The molecular weight excluding hydrogens is 241 g/mol. The van der Waals surface area contributed by atoms with Crippen LogP contribution in [0.4, 0.5) is 4.39 Å².